The lowest BCUT2D eigenvalue weighted by Crippen LogP contribution is -2.26. The third-order valence-electron chi connectivity index (χ3n) is 2.47. The monoisotopic (exact) mass is 267 g/mol. The van der Waals surface area contributed by atoms with Gasteiger partial charge >= 0.3 is 0 Å². The lowest BCUT2D eigenvalue weighted by Gasteiger charge is -2.13. The largest absolute Gasteiger partial charge is 0.213 e. The number of hydrogen-bond donors (Lipinski definition) is 0. The molecule has 0 aliphatic carbocycles. The van der Waals surface area contributed by atoms with E-state index in [0.717, 1.165) is 11.9 Å². The van der Waals surface area contributed by atoms with Gasteiger partial charge < -0.3 is 0 Å². The molecule has 0 aliphatic heterocycles. The van der Waals surface area contributed by atoms with Crippen molar-refractivity contribution in [3.05, 3.63) is 36.2 Å². The quantitative estimate of drug-likeness (QED) is 0.782. The van der Waals surface area contributed by atoms with Crippen LogP contribution in [-0.4, -0.2) is 46.2 Å². The van der Waals surface area contributed by atoms with Crippen LogP contribution < -0.4 is 0 Å². The molecule has 0 spiro atoms. The molecule has 2 rings (SSSR count). The summed E-state index contributed by atoms with van der Waals surface area (Å²) in [7, 11) is -1.77. The second-order valence-corrected chi connectivity index (χ2v) is 5.95. The van der Waals surface area contributed by atoms with E-state index in [-0.39, 0.29) is 6.54 Å². The van der Waals surface area contributed by atoms with Crippen molar-refractivity contribution >= 4 is 10.0 Å². The molecule has 0 unspecified atom stereocenters. The zero-order valence-electron chi connectivity index (χ0n) is 10.1. The molecule has 0 radical (unpaired) electrons. The highest BCUT2D eigenvalue weighted by Gasteiger charge is 2.16. The lowest BCUT2D eigenvalue weighted by molar-refractivity contribution is 0.457. The second-order valence-electron chi connectivity index (χ2n) is 3.86. The number of hydrogen-bond acceptors (Lipinski definition) is 5. The average Bonchev–Trinajstić information content (AvgIpc) is 2.77. The van der Waals surface area contributed by atoms with Gasteiger partial charge in [-0.2, -0.15) is 8.99 Å². The van der Waals surface area contributed by atoms with Crippen molar-refractivity contribution in [2.45, 2.75) is 6.54 Å². The predicted octanol–water partition coefficient (Wildman–Crippen LogP) is 0.0537. The van der Waals surface area contributed by atoms with Crippen LogP contribution in [0.3, 0.4) is 0 Å². The molecule has 0 saturated heterocycles. The smallest absolute Gasteiger partial charge is 0.211 e. The number of benzene rings is 1. The van der Waals surface area contributed by atoms with Crippen LogP contribution in [0.1, 0.15) is 5.82 Å². The first-order chi connectivity index (χ1) is 8.48. The number of tetrazole rings is 1. The summed E-state index contributed by atoms with van der Waals surface area (Å²) in [6, 6.07) is 9.30. The standard InChI is InChI=1S/C10H13N5O2S/c1-14(18(2,16)17)8-10-11-12-13-15(10)9-6-4-3-5-7-9/h3-7H,8H2,1-2H3. The first kappa shape index (κ1) is 12.7. The maximum absolute atomic E-state index is 11.4. The number of nitrogens with zero attached hydrogens (tertiary/aromatic N) is 5. The molecule has 0 aliphatic rings. The van der Waals surface area contributed by atoms with Crippen LogP contribution in [0.5, 0.6) is 0 Å². The molecule has 8 heteroatoms. The zero-order chi connectivity index (χ0) is 13.2. The molecule has 0 N–H and O–H groups in total. The maximum Gasteiger partial charge on any atom is 0.211 e. The van der Waals surface area contributed by atoms with Gasteiger partial charge in [0, 0.05) is 7.05 Å². The van der Waals surface area contributed by atoms with Crippen LogP contribution >= 0.6 is 0 Å². The van der Waals surface area contributed by atoms with E-state index in [9.17, 15) is 8.42 Å². The van der Waals surface area contributed by atoms with Gasteiger partial charge in [0.1, 0.15) is 0 Å². The SMILES string of the molecule is CN(Cc1nnnn1-c1ccccc1)S(C)(=O)=O. The summed E-state index contributed by atoms with van der Waals surface area (Å²) in [6.45, 7) is 0.126. The summed E-state index contributed by atoms with van der Waals surface area (Å²) in [5.41, 5.74) is 0.791. The molecule has 1 heterocycles. The minimum atomic E-state index is -3.25. The average molecular weight is 267 g/mol. The fraction of sp³-hybridized carbons (Fsp3) is 0.300. The fourth-order valence-electron chi connectivity index (χ4n) is 1.39. The zero-order valence-corrected chi connectivity index (χ0v) is 10.9. The van der Waals surface area contributed by atoms with E-state index in [2.05, 4.69) is 15.5 Å². The normalized spacial score (nSPS) is 11.9. The van der Waals surface area contributed by atoms with Gasteiger partial charge in [-0.25, -0.2) is 8.42 Å². The first-order valence-electron chi connectivity index (χ1n) is 5.22. The van der Waals surface area contributed by atoms with Crippen molar-refractivity contribution in [1.82, 2.24) is 24.5 Å². The summed E-state index contributed by atoms with van der Waals surface area (Å²) in [6.07, 6.45) is 1.14. The van der Waals surface area contributed by atoms with E-state index in [4.69, 9.17) is 0 Å². The fourth-order valence-corrected chi connectivity index (χ4v) is 1.74. The Bertz CT molecular complexity index is 623. The van der Waals surface area contributed by atoms with Crippen LogP contribution in [0.2, 0.25) is 0 Å². The molecule has 1 aromatic carbocycles. The molecule has 96 valence electrons. The van der Waals surface area contributed by atoms with Crippen molar-refractivity contribution in [3.8, 4) is 5.69 Å². The second kappa shape index (κ2) is 4.83. The topological polar surface area (TPSA) is 81.0 Å². The van der Waals surface area contributed by atoms with E-state index in [0.29, 0.717) is 5.82 Å². The Labute approximate surface area is 105 Å². The van der Waals surface area contributed by atoms with Gasteiger partial charge in [-0.3, -0.25) is 0 Å². The van der Waals surface area contributed by atoms with Gasteiger partial charge in [0.2, 0.25) is 10.0 Å². The van der Waals surface area contributed by atoms with Gasteiger partial charge in [0.25, 0.3) is 0 Å². The van der Waals surface area contributed by atoms with E-state index >= 15 is 0 Å². The molecule has 0 fully saturated rings. The van der Waals surface area contributed by atoms with E-state index in [1.807, 2.05) is 30.3 Å². The Morgan fingerprint density at radius 3 is 2.56 bits per heavy atom. The van der Waals surface area contributed by atoms with Crippen LogP contribution in [-0.2, 0) is 16.6 Å². The highest BCUT2D eigenvalue weighted by Crippen LogP contribution is 2.09. The molecular formula is C10H13N5O2S. The van der Waals surface area contributed by atoms with Crippen molar-refractivity contribution in [2.24, 2.45) is 0 Å². The van der Waals surface area contributed by atoms with Crippen molar-refractivity contribution in [1.29, 1.82) is 0 Å². The molecule has 0 amide bonds. The summed E-state index contributed by atoms with van der Waals surface area (Å²) >= 11 is 0. The predicted molar refractivity (Wildman–Crippen MR) is 65.5 cm³/mol. The summed E-state index contributed by atoms with van der Waals surface area (Å²) in [5.74, 6) is 0.467. The van der Waals surface area contributed by atoms with Crippen molar-refractivity contribution in [2.75, 3.05) is 13.3 Å². The van der Waals surface area contributed by atoms with Gasteiger partial charge in [-0.1, -0.05) is 18.2 Å². The molecule has 0 saturated carbocycles. The number of aromatic nitrogens is 4. The Hall–Kier alpha value is -1.80. The highest BCUT2D eigenvalue weighted by molar-refractivity contribution is 7.88. The molecule has 18 heavy (non-hydrogen) atoms. The number of rotatable bonds is 4. The van der Waals surface area contributed by atoms with Crippen LogP contribution in [0.4, 0.5) is 0 Å². The molecule has 1 aromatic heterocycles. The molecule has 0 bridgehead atoms. The third kappa shape index (κ3) is 2.71. The maximum atomic E-state index is 11.4. The van der Waals surface area contributed by atoms with E-state index < -0.39 is 10.0 Å². The molecular weight excluding hydrogens is 254 g/mol. The van der Waals surface area contributed by atoms with Gasteiger partial charge in [-0.05, 0) is 22.6 Å². The van der Waals surface area contributed by atoms with Gasteiger partial charge in [0.05, 0.1) is 18.5 Å². The van der Waals surface area contributed by atoms with Crippen molar-refractivity contribution in [3.63, 3.8) is 0 Å². The highest BCUT2D eigenvalue weighted by atomic mass is 32.2. The van der Waals surface area contributed by atoms with Crippen molar-refractivity contribution < 1.29 is 8.42 Å². The minimum absolute atomic E-state index is 0.126. The lowest BCUT2D eigenvalue weighted by atomic mass is 10.3. The Balaban J connectivity index is 2.30. The van der Waals surface area contributed by atoms with E-state index in [1.54, 1.807) is 0 Å². The summed E-state index contributed by atoms with van der Waals surface area (Å²) in [4.78, 5) is 0. The summed E-state index contributed by atoms with van der Waals surface area (Å²) < 4.78 is 25.4. The molecule has 0 atom stereocenters. The summed E-state index contributed by atoms with van der Waals surface area (Å²) in [5, 5.41) is 11.3. The first-order valence-corrected chi connectivity index (χ1v) is 7.07. The van der Waals surface area contributed by atoms with Gasteiger partial charge in [0.15, 0.2) is 5.82 Å². The van der Waals surface area contributed by atoms with Crippen LogP contribution in [0.25, 0.3) is 5.69 Å². The number of sulfonamides is 1. The Morgan fingerprint density at radius 2 is 1.94 bits per heavy atom. The Kier molecular flexibility index (Phi) is 3.39. The molecule has 2 aromatic rings. The number of para-hydroxylation sites is 1. The van der Waals surface area contributed by atoms with Gasteiger partial charge in [-0.15, -0.1) is 5.10 Å². The minimum Gasteiger partial charge on any atom is -0.213 e. The molecule has 7 nitrogen and oxygen atoms in total. The van der Waals surface area contributed by atoms with Crippen LogP contribution in [0.15, 0.2) is 30.3 Å². The van der Waals surface area contributed by atoms with E-state index in [1.165, 1.54) is 16.0 Å². The van der Waals surface area contributed by atoms with Crippen LogP contribution in [0, 0.1) is 0 Å². The third-order valence-corrected chi connectivity index (χ3v) is 3.73. The Morgan fingerprint density at radius 1 is 1.28 bits per heavy atom.